The summed E-state index contributed by atoms with van der Waals surface area (Å²) >= 11 is 1.44. The maximum Gasteiger partial charge on any atom is 0.410 e. The Morgan fingerprint density at radius 2 is 1.57 bits per heavy atom. The predicted molar refractivity (Wildman–Crippen MR) is 166 cm³/mol. The molecule has 220 valence electrons. The second kappa shape index (κ2) is 13.6. The SMILES string of the molecule is COC(=O)[C@H](Cc1c[nH]c2ccccc12)NC(=O)[C@H](CSc1ccc(-c2ccccc2)cc1)N(C)C(=O)OC(C)(C)C. The lowest BCUT2D eigenvalue weighted by molar-refractivity contribution is -0.145. The van der Waals surface area contributed by atoms with Gasteiger partial charge < -0.3 is 19.8 Å². The number of fused-ring (bicyclic) bond motifs is 1. The Labute approximate surface area is 250 Å². The van der Waals surface area contributed by atoms with Crippen molar-refractivity contribution in [2.24, 2.45) is 0 Å². The molecule has 0 fully saturated rings. The number of thioether (sulfide) groups is 1. The molecule has 3 aromatic carbocycles. The molecule has 0 radical (unpaired) electrons. The number of rotatable bonds is 10. The number of ether oxygens (including phenoxy) is 2. The maximum atomic E-state index is 13.7. The van der Waals surface area contributed by atoms with E-state index in [9.17, 15) is 14.4 Å². The highest BCUT2D eigenvalue weighted by Gasteiger charge is 2.33. The van der Waals surface area contributed by atoms with E-state index in [0.29, 0.717) is 0 Å². The Hall–Kier alpha value is -4.24. The average molecular weight is 588 g/mol. The largest absolute Gasteiger partial charge is 0.467 e. The number of hydrogen-bond donors (Lipinski definition) is 2. The van der Waals surface area contributed by atoms with E-state index in [4.69, 9.17) is 9.47 Å². The molecule has 1 heterocycles. The maximum absolute atomic E-state index is 13.7. The van der Waals surface area contributed by atoms with Crippen molar-refractivity contribution in [1.29, 1.82) is 0 Å². The Balaban J connectivity index is 1.53. The van der Waals surface area contributed by atoms with Gasteiger partial charge in [-0.05, 0) is 55.7 Å². The van der Waals surface area contributed by atoms with E-state index in [2.05, 4.69) is 10.3 Å². The molecule has 4 rings (SSSR count). The number of methoxy groups -OCH3 is 1. The molecule has 2 atom stereocenters. The molecule has 0 aliphatic heterocycles. The number of aromatic amines is 1. The van der Waals surface area contributed by atoms with Gasteiger partial charge in [0.05, 0.1) is 7.11 Å². The highest BCUT2D eigenvalue weighted by molar-refractivity contribution is 7.99. The number of carbonyl (C=O) groups excluding carboxylic acids is 3. The number of likely N-dealkylation sites (N-methyl/N-ethyl adjacent to an activating group) is 1. The quantitative estimate of drug-likeness (QED) is 0.173. The molecule has 0 spiro atoms. The molecular formula is C33H37N3O5S. The number of aromatic nitrogens is 1. The van der Waals surface area contributed by atoms with Gasteiger partial charge in [0.15, 0.2) is 0 Å². The van der Waals surface area contributed by atoms with Gasteiger partial charge in [-0.15, -0.1) is 11.8 Å². The summed E-state index contributed by atoms with van der Waals surface area (Å²) in [5, 5.41) is 3.80. The van der Waals surface area contributed by atoms with Gasteiger partial charge in [0.25, 0.3) is 0 Å². The first-order valence-electron chi connectivity index (χ1n) is 13.7. The van der Waals surface area contributed by atoms with E-state index >= 15 is 0 Å². The van der Waals surface area contributed by atoms with E-state index in [-0.39, 0.29) is 12.2 Å². The molecule has 4 aromatic rings. The summed E-state index contributed by atoms with van der Waals surface area (Å²) in [7, 11) is 2.82. The number of esters is 1. The third-order valence-electron chi connectivity index (χ3n) is 6.72. The molecule has 0 aliphatic carbocycles. The van der Waals surface area contributed by atoms with Crippen molar-refractivity contribution in [2.75, 3.05) is 19.9 Å². The number of benzene rings is 3. The van der Waals surface area contributed by atoms with Crippen molar-refractivity contribution in [3.05, 3.63) is 90.6 Å². The summed E-state index contributed by atoms with van der Waals surface area (Å²) in [4.78, 5) is 45.0. The zero-order valence-corrected chi connectivity index (χ0v) is 25.4. The van der Waals surface area contributed by atoms with Crippen LogP contribution in [0.3, 0.4) is 0 Å². The Morgan fingerprint density at radius 1 is 0.929 bits per heavy atom. The number of amides is 2. The molecule has 0 saturated heterocycles. The zero-order chi connectivity index (χ0) is 30.3. The Kier molecular flexibility index (Phi) is 9.96. The van der Waals surface area contributed by atoms with Gasteiger partial charge >= 0.3 is 12.1 Å². The van der Waals surface area contributed by atoms with Crippen LogP contribution in [0.1, 0.15) is 26.3 Å². The molecule has 1 aromatic heterocycles. The molecule has 42 heavy (non-hydrogen) atoms. The second-order valence-corrected chi connectivity index (χ2v) is 12.0. The van der Waals surface area contributed by atoms with E-state index in [0.717, 1.165) is 32.5 Å². The van der Waals surface area contributed by atoms with Gasteiger partial charge in [-0.3, -0.25) is 9.69 Å². The lowest BCUT2D eigenvalue weighted by atomic mass is 10.0. The van der Waals surface area contributed by atoms with Crippen LogP contribution >= 0.6 is 11.8 Å². The summed E-state index contributed by atoms with van der Waals surface area (Å²) in [6.45, 7) is 5.31. The van der Waals surface area contributed by atoms with Gasteiger partial charge in [-0.2, -0.15) is 0 Å². The van der Waals surface area contributed by atoms with Gasteiger partial charge in [0.1, 0.15) is 17.7 Å². The number of hydrogen-bond acceptors (Lipinski definition) is 6. The summed E-state index contributed by atoms with van der Waals surface area (Å²) in [5.74, 6) is -0.809. The van der Waals surface area contributed by atoms with Crippen molar-refractivity contribution in [2.45, 2.75) is 49.8 Å². The molecule has 0 saturated carbocycles. The summed E-state index contributed by atoms with van der Waals surface area (Å²) in [6.07, 6.45) is 1.42. The Bertz CT molecular complexity index is 1510. The molecular weight excluding hydrogens is 550 g/mol. The summed E-state index contributed by atoms with van der Waals surface area (Å²) in [5.41, 5.74) is 3.25. The standard InChI is InChI=1S/C33H37N3O5S/c1-33(2,3)41-32(39)36(4)29(21-42-25-17-15-23(16-18-25)22-11-7-6-8-12-22)30(37)35-28(31(38)40-5)19-24-20-34-27-14-10-9-13-26(24)27/h6-18,20,28-29,34H,19,21H2,1-5H3,(H,35,37)/t28-,29-/m0/s1. The van der Waals surface area contributed by atoms with Crippen LogP contribution in [0.15, 0.2) is 90.0 Å². The zero-order valence-electron chi connectivity index (χ0n) is 24.5. The highest BCUT2D eigenvalue weighted by atomic mass is 32.2. The van der Waals surface area contributed by atoms with Gasteiger partial charge in [-0.1, -0.05) is 60.7 Å². The number of nitrogens with one attached hydrogen (secondary N) is 2. The normalized spacial score (nSPS) is 12.8. The monoisotopic (exact) mass is 587 g/mol. The van der Waals surface area contributed by atoms with Crippen molar-refractivity contribution < 1.29 is 23.9 Å². The van der Waals surface area contributed by atoms with Crippen LogP contribution in [0.4, 0.5) is 4.79 Å². The lowest BCUT2D eigenvalue weighted by Crippen LogP contribution is -2.54. The van der Waals surface area contributed by atoms with Gasteiger partial charge in [-0.25, -0.2) is 9.59 Å². The minimum Gasteiger partial charge on any atom is -0.467 e. The van der Waals surface area contributed by atoms with Crippen LogP contribution in [0.5, 0.6) is 0 Å². The molecule has 8 nitrogen and oxygen atoms in total. The average Bonchev–Trinajstić information content (AvgIpc) is 3.39. The second-order valence-electron chi connectivity index (χ2n) is 11.0. The van der Waals surface area contributed by atoms with E-state index in [1.165, 1.54) is 30.8 Å². The number of carbonyl (C=O) groups is 3. The fourth-order valence-corrected chi connectivity index (χ4v) is 5.55. The first-order chi connectivity index (χ1) is 20.1. The number of nitrogens with zero attached hydrogens (tertiary/aromatic N) is 1. The minimum atomic E-state index is -0.952. The van der Waals surface area contributed by atoms with Crippen molar-refractivity contribution in [1.82, 2.24) is 15.2 Å². The van der Waals surface area contributed by atoms with Crippen molar-refractivity contribution in [3.8, 4) is 11.1 Å². The highest BCUT2D eigenvalue weighted by Crippen LogP contribution is 2.26. The number of para-hydroxylation sites is 1. The van der Waals surface area contributed by atoms with Crippen LogP contribution in [0.2, 0.25) is 0 Å². The fourth-order valence-electron chi connectivity index (χ4n) is 4.50. The van der Waals surface area contributed by atoms with Crippen LogP contribution < -0.4 is 5.32 Å². The topological polar surface area (TPSA) is 101 Å². The van der Waals surface area contributed by atoms with E-state index < -0.39 is 35.7 Å². The van der Waals surface area contributed by atoms with E-state index in [1.54, 1.807) is 20.8 Å². The van der Waals surface area contributed by atoms with Crippen molar-refractivity contribution >= 4 is 40.6 Å². The summed E-state index contributed by atoms with van der Waals surface area (Å²) in [6, 6.07) is 24.0. The molecule has 2 amide bonds. The molecule has 0 aliphatic rings. The van der Waals surface area contributed by atoms with Gasteiger partial charge in [0.2, 0.25) is 5.91 Å². The third kappa shape index (κ3) is 7.94. The Morgan fingerprint density at radius 3 is 2.24 bits per heavy atom. The number of H-pyrrole nitrogens is 1. The van der Waals surface area contributed by atoms with Gasteiger partial charge in [0, 0.05) is 41.2 Å². The molecule has 2 N–H and O–H groups in total. The van der Waals surface area contributed by atoms with Crippen LogP contribution in [0, 0.1) is 0 Å². The lowest BCUT2D eigenvalue weighted by Gasteiger charge is -2.30. The first kappa shape index (κ1) is 30.7. The minimum absolute atomic E-state index is 0.222. The van der Waals surface area contributed by atoms with Crippen LogP contribution in [-0.4, -0.2) is 65.4 Å². The van der Waals surface area contributed by atoms with Crippen LogP contribution in [-0.2, 0) is 25.5 Å². The molecule has 9 heteroatoms. The summed E-state index contributed by atoms with van der Waals surface area (Å²) < 4.78 is 10.6. The molecule has 0 bridgehead atoms. The predicted octanol–water partition coefficient (Wildman–Crippen LogP) is 6.06. The van der Waals surface area contributed by atoms with E-state index in [1.807, 2.05) is 85.1 Å². The fraction of sp³-hybridized carbons (Fsp3) is 0.303. The first-order valence-corrected chi connectivity index (χ1v) is 14.7. The van der Waals surface area contributed by atoms with Crippen molar-refractivity contribution in [3.63, 3.8) is 0 Å². The molecule has 0 unspecified atom stereocenters. The van der Waals surface area contributed by atoms with Crippen LogP contribution in [0.25, 0.3) is 22.0 Å². The smallest absolute Gasteiger partial charge is 0.410 e. The third-order valence-corrected chi connectivity index (χ3v) is 7.81.